The molecule has 8 nitrogen and oxygen atoms in total. The Morgan fingerprint density at radius 3 is 2.08 bits per heavy atom. The second kappa shape index (κ2) is 8.52. The van der Waals surface area contributed by atoms with Crippen molar-refractivity contribution >= 4 is 5.97 Å². The molecule has 0 radical (unpaired) electrons. The minimum absolute atomic E-state index is 0.0534. The van der Waals surface area contributed by atoms with Crippen LogP contribution in [0.3, 0.4) is 0 Å². The van der Waals surface area contributed by atoms with E-state index in [1.807, 2.05) is 0 Å². The van der Waals surface area contributed by atoms with Crippen molar-refractivity contribution in [3.63, 3.8) is 0 Å². The van der Waals surface area contributed by atoms with E-state index in [2.05, 4.69) is 0 Å². The minimum Gasteiger partial charge on any atom is -0.493 e. The molecule has 0 amide bonds. The number of rotatable bonds is 8. The molecule has 0 fully saturated rings. The summed E-state index contributed by atoms with van der Waals surface area (Å²) in [6, 6.07) is 8.67. The van der Waals surface area contributed by atoms with Gasteiger partial charge >= 0.3 is 5.97 Å². The van der Waals surface area contributed by atoms with Crippen molar-refractivity contribution in [2.45, 2.75) is 12.2 Å². The van der Waals surface area contributed by atoms with Gasteiger partial charge in [0.15, 0.2) is 23.0 Å². The number of aromatic carboxylic acids is 1. The third-order valence-electron chi connectivity index (χ3n) is 3.71. The number of carboxylic acid groups (broad SMARTS) is 1. The molecule has 2 aromatic rings. The summed E-state index contributed by atoms with van der Waals surface area (Å²) >= 11 is 0. The van der Waals surface area contributed by atoms with E-state index in [-0.39, 0.29) is 22.8 Å². The Kier molecular flexibility index (Phi) is 6.40. The predicted molar refractivity (Wildman–Crippen MR) is 91.1 cm³/mol. The number of methoxy groups -OCH3 is 2. The third kappa shape index (κ3) is 4.23. The zero-order valence-electron chi connectivity index (χ0n) is 14.2. The average Bonchev–Trinajstić information content (AvgIpc) is 2.67. The van der Waals surface area contributed by atoms with Gasteiger partial charge in [-0.2, -0.15) is 0 Å². The van der Waals surface area contributed by atoms with Crippen LogP contribution in [0.1, 0.15) is 22.0 Å². The molecular formula is C18H20O8. The molecule has 26 heavy (non-hydrogen) atoms. The summed E-state index contributed by atoms with van der Waals surface area (Å²) in [6.07, 6.45) is -2.61. The highest BCUT2D eigenvalue weighted by Crippen LogP contribution is 2.38. The number of ether oxygens (including phenoxy) is 3. The van der Waals surface area contributed by atoms with Crippen molar-refractivity contribution in [2.75, 3.05) is 20.8 Å². The monoisotopic (exact) mass is 364 g/mol. The molecule has 140 valence electrons. The first-order chi connectivity index (χ1) is 12.4. The Hall–Kier alpha value is -2.81. The summed E-state index contributed by atoms with van der Waals surface area (Å²) in [7, 11) is 2.80. The molecule has 4 N–H and O–H groups in total. The van der Waals surface area contributed by atoms with Crippen LogP contribution in [0.4, 0.5) is 0 Å². The lowest BCUT2D eigenvalue weighted by atomic mass is 10.0. The Morgan fingerprint density at radius 1 is 0.962 bits per heavy atom. The van der Waals surface area contributed by atoms with Crippen molar-refractivity contribution < 1.29 is 39.4 Å². The van der Waals surface area contributed by atoms with Gasteiger partial charge in [0, 0.05) is 0 Å². The molecule has 2 aromatic carbocycles. The fraction of sp³-hybridized carbons (Fsp3) is 0.278. The fourth-order valence-electron chi connectivity index (χ4n) is 2.28. The molecule has 0 heterocycles. The summed E-state index contributed by atoms with van der Waals surface area (Å²) in [4.78, 5) is 11.0. The quantitative estimate of drug-likeness (QED) is 0.556. The van der Waals surface area contributed by atoms with Gasteiger partial charge in [0.05, 0.1) is 26.4 Å². The largest absolute Gasteiger partial charge is 0.493 e. The van der Waals surface area contributed by atoms with Gasteiger partial charge in [0.2, 0.25) is 0 Å². The summed E-state index contributed by atoms with van der Waals surface area (Å²) in [5.74, 6) is -0.0150. The van der Waals surface area contributed by atoms with Crippen LogP contribution in [0, 0.1) is 0 Å². The highest BCUT2D eigenvalue weighted by molar-refractivity contribution is 5.88. The Balaban J connectivity index is 2.33. The van der Waals surface area contributed by atoms with E-state index in [1.54, 1.807) is 0 Å². The molecule has 0 aromatic heterocycles. The number of benzene rings is 2. The zero-order chi connectivity index (χ0) is 19.3. The van der Waals surface area contributed by atoms with Crippen molar-refractivity contribution in [3.8, 4) is 23.0 Å². The van der Waals surface area contributed by atoms with E-state index in [4.69, 9.17) is 24.4 Å². The average molecular weight is 364 g/mol. The van der Waals surface area contributed by atoms with Gasteiger partial charge < -0.3 is 34.6 Å². The van der Waals surface area contributed by atoms with Crippen LogP contribution in [-0.2, 0) is 0 Å². The van der Waals surface area contributed by atoms with Gasteiger partial charge in [0.1, 0.15) is 12.2 Å². The SMILES string of the molecule is COc1cc(C(=O)O)ccc1Oc1ccc([C@@H](O)[C@H](O)CO)cc1OC. The van der Waals surface area contributed by atoms with Crippen LogP contribution >= 0.6 is 0 Å². The molecule has 0 aliphatic heterocycles. The maximum atomic E-state index is 11.0. The molecule has 0 unspecified atom stereocenters. The van der Waals surface area contributed by atoms with Crippen LogP contribution in [-0.4, -0.2) is 53.3 Å². The summed E-state index contributed by atoms with van der Waals surface area (Å²) in [6.45, 7) is -0.588. The van der Waals surface area contributed by atoms with Gasteiger partial charge in [-0.3, -0.25) is 0 Å². The standard InChI is InChI=1S/C18H20O8/c1-24-15-7-10(17(21)12(20)9-19)3-5-13(15)26-14-6-4-11(18(22)23)8-16(14)25-2/h3-8,12,17,19-21H,9H2,1-2H3,(H,22,23)/t12-,17-/m1/s1. The molecule has 0 aliphatic rings. The second-order valence-corrected chi connectivity index (χ2v) is 5.38. The molecule has 0 bridgehead atoms. The Bertz CT molecular complexity index is 774. The van der Waals surface area contributed by atoms with Crippen LogP contribution in [0.2, 0.25) is 0 Å². The van der Waals surface area contributed by atoms with E-state index in [0.29, 0.717) is 11.3 Å². The normalized spacial score (nSPS) is 13.0. The molecule has 0 saturated carbocycles. The number of hydrogen-bond acceptors (Lipinski definition) is 7. The predicted octanol–water partition coefficient (Wildman–Crippen LogP) is 1.58. The third-order valence-corrected chi connectivity index (χ3v) is 3.71. The molecule has 2 atom stereocenters. The van der Waals surface area contributed by atoms with Gasteiger partial charge in [-0.15, -0.1) is 0 Å². The minimum atomic E-state index is -1.32. The van der Waals surface area contributed by atoms with E-state index >= 15 is 0 Å². The summed E-state index contributed by atoms with van der Waals surface area (Å²) in [5.41, 5.74) is 0.390. The Morgan fingerprint density at radius 2 is 1.54 bits per heavy atom. The smallest absolute Gasteiger partial charge is 0.335 e. The van der Waals surface area contributed by atoms with Crippen molar-refractivity contribution in [2.24, 2.45) is 0 Å². The highest BCUT2D eigenvalue weighted by Gasteiger charge is 2.20. The maximum Gasteiger partial charge on any atom is 0.335 e. The van der Waals surface area contributed by atoms with Crippen LogP contribution < -0.4 is 14.2 Å². The number of aliphatic hydroxyl groups is 3. The fourth-order valence-corrected chi connectivity index (χ4v) is 2.28. The topological polar surface area (TPSA) is 126 Å². The first-order valence-corrected chi connectivity index (χ1v) is 7.65. The lowest BCUT2D eigenvalue weighted by Crippen LogP contribution is -2.22. The van der Waals surface area contributed by atoms with E-state index in [0.717, 1.165) is 0 Å². The van der Waals surface area contributed by atoms with Crippen LogP contribution in [0.25, 0.3) is 0 Å². The van der Waals surface area contributed by atoms with Gasteiger partial charge in [-0.25, -0.2) is 4.79 Å². The van der Waals surface area contributed by atoms with Crippen LogP contribution in [0.15, 0.2) is 36.4 Å². The first-order valence-electron chi connectivity index (χ1n) is 7.65. The number of carbonyl (C=O) groups is 1. The van der Waals surface area contributed by atoms with Gasteiger partial charge in [0.25, 0.3) is 0 Å². The molecular weight excluding hydrogens is 344 g/mol. The lowest BCUT2D eigenvalue weighted by Gasteiger charge is -2.18. The summed E-state index contributed by atoms with van der Waals surface area (Å²) < 4.78 is 16.1. The second-order valence-electron chi connectivity index (χ2n) is 5.38. The van der Waals surface area contributed by atoms with E-state index in [9.17, 15) is 15.0 Å². The maximum absolute atomic E-state index is 11.0. The summed E-state index contributed by atoms with van der Waals surface area (Å²) in [5, 5.41) is 37.5. The number of hydrogen-bond donors (Lipinski definition) is 4. The molecule has 0 saturated heterocycles. The van der Waals surface area contributed by atoms with Gasteiger partial charge in [-0.05, 0) is 35.9 Å². The molecule has 8 heteroatoms. The number of aliphatic hydroxyl groups excluding tert-OH is 3. The highest BCUT2D eigenvalue weighted by atomic mass is 16.5. The lowest BCUT2D eigenvalue weighted by molar-refractivity contribution is -0.0153. The zero-order valence-corrected chi connectivity index (χ0v) is 14.2. The van der Waals surface area contributed by atoms with Crippen molar-refractivity contribution in [3.05, 3.63) is 47.5 Å². The molecule has 2 rings (SSSR count). The van der Waals surface area contributed by atoms with Crippen molar-refractivity contribution in [1.82, 2.24) is 0 Å². The van der Waals surface area contributed by atoms with Crippen LogP contribution in [0.5, 0.6) is 23.0 Å². The number of carboxylic acids is 1. The molecule has 0 spiro atoms. The van der Waals surface area contributed by atoms with E-state index in [1.165, 1.54) is 50.6 Å². The Labute approximate surface area is 149 Å². The van der Waals surface area contributed by atoms with Gasteiger partial charge in [-0.1, -0.05) is 6.07 Å². The van der Waals surface area contributed by atoms with E-state index < -0.39 is 24.8 Å². The molecule has 0 aliphatic carbocycles. The first kappa shape index (κ1) is 19.5. The van der Waals surface area contributed by atoms with Crippen molar-refractivity contribution in [1.29, 1.82) is 0 Å².